The lowest BCUT2D eigenvalue weighted by Gasteiger charge is -2.16. The van der Waals surface area contributed by atoms with Crippen molar-refractivity contribution in [3.63, 3.8) is 0 Å². The molecule has 1 saturated heterocycles. The fourth-order valence-corrected chi connectivity index (χ4v) is 4.18. The van der Waals surface area contributed by atoms with Crippen molar-refractivity contribution in [3.8, 4) is 0 Å². The zero-order valence-corrected chi connectivity index (χ0v) is 21.3. The quantitative estimate of drug-likeness (QED) is 0.283. The standard InChI is InChI=1S/C13H12Cl2FNO.C10H11N3O.C2H6/c1-2-11(18)17-6-5-8(7-17)12-10(16)4-3-9(14)13(12)15;1-6-7(11)3-4-8-9(6)10(14)13(2)5-12-8;1-2/h2-4,8H,1,5-7H2;3-5H,11H2,1-2H3;1-2H3. The molecule has 1 amide bonds. The number of rotatable bonds is 2. The van der Waals surface area contributed by atoms with Crippen LogP contribution < -0.4 is 11.3 Å². The Kier molecular flexibility index (Phi) is 9.65. The second kappa shape index (κ2) is 12.0. The molecular weight excluding hydrogens is 478 g/mol. The van der Waals surface area contributed by atoms with Crippen LogP contribution in [0.15, 0.2) is 48.0 Å². The van der Waals surface area contributed by atoms with Gasteiger partial charge in [0.1, 0.15) is 5.82 Å². The van der Waals surface area contributed by atoms with Gasteiger partial charge in [0.25, 0.3) is 5.56 Å². The minimum atomic E-state index is -0.373. The van der Waals surface area contributed by atoms with Crippen molar-refractivity contribution in [1.82, 2.24) is 14.5 Å². The second-order valence-corrected chi connectivity index (χ2v) is 8.35. The fraction of sp³-hybridized carbons (Fsp3) is 0.320. The maximum Gasteiger partial charge on any atom is 0.261 e. The predicted octanol–water partition coefficient (Wildman–Crippen LogP) is 5.48. The van der Waals surface area contributed by atoms with Gasteiger partial charge in [0, 0.05) is 37.3 Å². The molecule has 2 aromatic carbocycles. The van der Waals surface area contributed by atoms with Crippen LogP contribution in [0.4, 0.5) is 10.1 Å². The van der Waals surface area contributed by atoms with Gasteiger partial charge in [-0.2, -0.15) is 0 Å². The Morgan fingerprint density at radius 2 is 1.94 bits per heavy atom. The summed E-state index contributed by atoms with van der Waals surface area (Å²) < 4.78 is 15.3. The van der Waals surface area contributed by atoms with E-state index in [0.29, 0.717) is 46.7 Å². The summed E-state index contributed by atoms with van der Waals surface area (Å²) in [6.45, 7) is 10.3. The van der Waals surface area contributed by atoms with Crippen molar-refractivity contribution in [3.05, 3.63) is 80.6 Å². The van der Waals surface area contributed by atoms with Gasteiger partial charge in [-0.25, -0.2) is 9.37 Å². The number of carbonyl (C=O) groups is 1. The molecule has 0 spiro atoms. The lowest BCUT2D eigenvalue weighted by Crippen LogP contribution is -2.26. The number of nitrogens with two attached hydrogens (primary N) is 1. The zero-order chi connectivity index (χ0) is 25.6. The van der Waals surface area contributed by atoms with Crippen molar-refractivity contribution < 1.29 is 9.18 Å². The molecule has 1 unspecified atom stereocenters. The van der Waals surface area contributed by atoms with Gasteiger partial charge >= 0.3 is 0 Å². The van der Waals surface area contributed by atoms with Crippen molar-refractivity contribution >= 4 is 45.7 Å². The van der Waals surface area contributed by atoms with Crippen molar-refractivity contribution in [2.75, 3.05) is 18.8 Å². The van der Waals surface area contributed by atoms with Crippen LogP contribution in [0.3, 0.4) is 0 Å². The van der Waals surface area contributed by atoms with Crippen molar-refractivity contribution in [2.24, 2.45) is 7.05 Å². The third kappa shape index (κ3) is 5.77. The molecule has 2 N–H and O–H groups in total. The Bertz CT molecular complexity index is 1250. The largest absolute Gasteiger partial charge is 0.398 e. The van der Waals surface area contributed by atoms with Crippen LogP contribution in [-0.2, 0) is 11.8 Å². The molecule has 1 aliphatic heterocycles. The maximum absolute atomic E-state index is 13.8. The van der Waals surface area contributed by atoms with E-state index in [-0.39, 0.29) is 28.2 Å². The maximum atomic E-state index is 13.8. The Hall–Kier alpha value is -2.90. The number of benzene rings is 2. The average Bonchev–Trinajstić information content (AvgIpc) is 3.32. The van der Waals surface area contributed by atoms with Gasteiger partial charge in [-0.1, -0.05) is 43.6 Å². The van der Waals surface area contributed by atoms with Gasteiger partial charge in [0.05, 0.1) is 27.3 Å². The molecule has 4 rings (SSSR count). The van der Waals surface area contributed by atoms with E-state index in [0.717, 1.165) is 5.56 Å². The summed E-state index contributed by atoms with van der Waals surface area (Å²) in [7, 11) is 1.68. The molecule has 9 heteroatoms. The number of hydrogen-bond acceptors (Lipinski definition) is 4. The molecule has 1 fully saturated rings. The Morgan fingerprint density at radius 1 is 1.26 bits per heavy atom. The summed E-state index contributed by atoms with van der Waals surface area (Å²) >= 11 is 11.9. The highest BCUT2D eigenvalue weighted by molar-refractivity contribution is 6.42. The normalized spacial score (nSPS) is 14.7. The minimum Gasteiger partial charge on any atom is -0.398 e. The lowest BCUT2D eigenvalue weighted by atomic mass is 9.98. The molecule has 2 heterocycles. The first-order valence-corrected chi connectivity index (χ1v) is 11.7. The summed E-state index contributed by atoms with van der Waals surface area (Å²) in [4.78, 5) is 29.0. The summed E-state index contributed by atoms with van der Waals surface area (Å²) in [5.74, 6) is -0.626. The van der Waals surface area contributed by atoms with Gasteiger partial charge in [0.15, 0.2) is 0 Å². The molecule has 0 bridgehead atoms. The predicted molar refractivity (Wildman–Crippen MR) is 138 cm³/mol. The third-order valence-electron chi connectivity index (χ3n) is 5.55. The van der Waals surface area contributed by atoms with Crippen LogP contribution in [0.25, 0.3) is 10.9 Å². The number of nitrogens with zero attached hydrogens (tertiary/aromatic N) is 3. The highest BCUT2D eigenvalue weighted by atomic mass is 35.5. The molecule has 182 valence electrons. The molecule has 3 aromatic rings. The van der Waals surface area contributed by atoms with Crippen LogP contribution in [0.1, 0.15) is 37.3 Å². The smallest absolute Gasteiger partial charge is 0.261 e. The van der Waals surface area contributed by atoms with Crippen molar-refractivity contribution in [2.45, 2.75) is 33.1 Å². The molecule has 1 aromatic heterocycles. The summed E-state index contributed by atoms with van der Waals surface area (Å²) in [6, 6.07) is 6.27. The Balaban J connectivity index is 0.000000230. The molecule has 0 saturated carbocycles. The number of aryl methyl sites for hydroxylation is 2. The molecule has 1 aliphatic rings. The molecule has 34 heavy (non-hydrogen) atoms. The zero-order valence-electron chi connectivity index (χ0n) is 19.7. The van der Waals surface area contributed by atoms with E-state index in [1.807, 2.05) is 20.8 Å². The monoisotopic (exact) mass is 506 g/mol. The van der Waals surface area contributed by atoms with E-state index in [4.69, 9.17) is 28.9 Å². The van der Waals surface area contributed by atoms with E-state index in [1.165, 1.54) is 29.1 Å². The van der Waals surface area contributed by atoms with Gasteiger partial charge < -0.3 is 15.2 Å². The average molecular weight is 507 g/mol. The SMILES string of the molecule is C=CC(=O)N1CCC(c2c(F)ccc(Cl)c2Cl)C1.CC.Cc1c(N)ccc2ncn(C)c(=O)c12. The second-order valence-electron chi connectivity index (χ2n) is 7.57. The fourth-order valence-electron chi connectivity index (χ4n) is 3.71. The first kappa shape index (κ1) is 27.3. The highest BCUT2D eigenvalue weighted by Gasteiger charge is 2.30. The molecule has 6 nitrogen and oxygen atoms in total. The first-order chi connectivity index (χ1) is 16.1. The van der Waals surface area contributed by atoms with E-state index >= 15 is 0 Å². The first-order valence-electron chi connectivity index (χ1n) is 10.9. The van der Waals surface area contributed by atoms with Gasteiger partial charge in [0.2, 0.25) is 5.91 Å². The van der Waals surface area contributed by atoms with Gasteiger partial charge in [-0.05, 0) is 49.2 Å². The number of carbonyl (C=O) groups excluding carboxylic acids is 1. The van der Waals surface area contributed by atoms with Gasteiger partial charge in [-0.15, -0.1) is 0 Å². The minimum absolute atomic E-state index is 0.0557. The summed E-state index contributed by atoms with van der Waals surface area (Å²) in [6.07, 6.45) is 3.45. The van der Waals surface area contributed by atoms with Gasteiger partial charge in [-0.3, -0.25) is 9.59 Å². The number of halogens is 3. The lowest BCUT2D eigenvalue weighted by molar-refractivity contribution is -0.125. The number of likely N-dealkylation sites (tertiary alicyclic amines) is 1. The highest BCUT2D eigenvalue weighted by Crippen LogP contribution is 2.37. The molecule has 0 aliphatic carbocycles. The molecule has 1 atom stereocenters. The topological polar surface area (TPSA) is 81.2 Å². The Labute approximate surface area is 208 Å². The van der Waals surface area contributed by atoms with E-state index in [9.17, 15) is 14.0 Å². The van der Waals surface area contributed by atoms with Crippen molar-refractivity contribution in [1.29, 1.82) is 0 Å². The number of nitrogen functional groups attached to an aromatic ring is 1. The number of fused-ring (bicyclic) bond motifs is 1. The number of hydrogen-bond donors (Lipinski definition) is 1. The summed E-state index contributed by atoms with van der Waals surface area (Å²) in [5, 5.41) is 1.19. The third-order valence-corrected chi connectivity index (χ3v) is 6.37. The Morgan fingerprint density at radius 3 is 2.59 bits per heavy atom. The number of anilines is 1. The number of amides is 1. The molecular formula is C25H29Cl2FN4O2. The van der Waals surface area contributed by atoms with Crippen LogP contribution >= 0.6 is 23.2 Å². The molecule has 0 radical (unpaired) electrons. The summed E-state index contributed by atoms with van der Waals surface area (Å²) in [5.41, 5.74) is 8.20. The van der Waals surface area contributed by atoms with Crippen LogP contribution in [0, 0.1) is 12.7 Å². The van der Waals surface area contributed by atoms with Crippen LogP contribution in [0.5, 0.6) is 0 Å². The van der Waals surface area contributed by atoms with E-state index in [2.05, 4.69) is 11.6 Å². The van der Waals surface area contributed by atoms with E-state index in [1.54, 1.807) is 24.1 Å². The van der Waals surface area contributed by atoms with E-state index < -0.39 is 0 Å². The van der Waals surface area contributed by atoms with Crippen LogP contribution in [-0.4, -0.2) is 33.4 Å². The van der Waals surface area contributed by atoms with Crippen LogP contribution in [0.2, 0.25) is 10.0 Å². The number of aromatic nitrogens is 2.